The number of allylic oxidation sites excluding steroid dienone is 4. The molecule has 0 heterocycles. The van der Waals surface area contributed by atoms with Gasteiger partial charge in [-0.05, 0) is 37.8 Å². The molecule has 2 atom stereocenters. The molecule has 4 heteroatoms. The maximum absolute atomic E-state index is 14.5. The van der Waals surface area contributed by atoms with Gasteiger partial charge < -0.3 is 5.11 Å². The first-order valence-corrected chi connectivity index (χ1v) is 7.25. The fourth-order valence-electron chi connectivity index (χ4n) is 3.45. The van der Waals surface area contributed by atoms with E-state index < -0.39 is 17.3 Å². The van der Waals surface area contributed by atoms with Crippen LogP contribution in [0, 0.1) is 11.3 Å². The van der Waals surface area contributed by atoms with Gasteiger partial charge >= 0.3 is 0 Å². The van der Waals surface area contributed by atoms with Gasteiger partial charge in [0.15, 0.2) is 0 Å². The summed E-state index contributed by atoms with van der Waals surface area (Å²) in [6.45, 7) is 5.16. The van der Waals surface area contributed by atoms with Crippen LogP contribution in [0.1, 0.15) is 46.5 Å². The van der Waals surface area contributed by atoms with Crippen LogP contribution in [0.2, 0.25) is 0 Å². The lowest BCUT2D eigenvalue weighted by atomic mass is 9.73. The van der Waals surface area contributed by atoms with Gasteiger partial charge in [0.05, 0.1) is 11.1 Å². The van der Waals surface area contributed by atoms with Gasteiger partial charge in [-0.15, -0.1) is 0 Å². The summed E-state index contributed by atoms with van der Waals surface area (Å²) in [6, 6.07) is 0. The molecule has 2 unspecified atom stereocenters. The third-order valence-corrected chi connectivity index (χ3v) is 4.77. The molecule has 0 bridgehead atoms. The van der Waals surface area contributed by atoms with Crippen molar-refractivity contribution in [2.75, 3.05) is 7.05 Å². The maximum atomic E-state index is 14.5. The van der Waals surface area contributed by atoms with Crippen molar-refractivity contribution in [3.05, 3.63) is 23.0 Å². The molecule has 2 aliphatic rings. The van der Waals surface area contributed by atoms with Crippen LogP contribution in [0.4, 0.5) is 8.78 Å². The summed E-state index contributed by atoms with van der Waals surface area (Å²) < 4.78 is 29.0. The number of hydrogen-bond acceptors (Lipinski definition) is 2. The zero-order valence-electron chi connectivity index (χ0n) is 12.6. The van der Waals surface area contributed by atoms with Crippen LogP contribution >= 0.6 is 0 Å². The van der Waals surface area contributed by atoms with Crippen LogP contribution < -0.4 is 0 Å². The molecule has 0 aliphatic heterocycles. The Hall–Kier alpha value is -1.19. The first kappa shape index (κ1) is 15.2. The van der Waals surface area contributed by atoms with Crippen molar-refractivity contribution in [3.63, 3.8) is 0 Å². The lowest BCUT2D eigenvalue weighted by Crippen LogP contribution is -2.37. The van der Waals surface area contributed by atoms with Crippen LogP contribution in [0.5, 0.6) is 0 Å². The van der Waals surface area contributed by atoms with E-state index in [0.29, 0.717) is 12.1 Å². The van der Waals surface area contributed by atoms with Crippen LogP contribution in [0.25, 0.3) is 0 Å². The minimum atomic E-state index is -2.82. The van der Waals surface area contributed by atoms with E-state index in [2.05, 4.69) is 4.99 Å². The fraction of sp³-hybridized carbons (Fsp3) is 0.688. The van der Waals surface area contributed by atoms with Crippen molar-refractivity contribution in [1.82, 2.24) is 0 Å². The molecule has 0 aromatic rings. The Labute approximate surface area is 119 Å². The highest BCUT2D eigenvalue weighted by Crippen LogP contribution is 2.53. The molecular weight excluding hydrogens is 260 g/mol. The van der Waals surface area contributed by atoms with Gasteiger partial charge in [0.1, 0.15) is 5.76 Å². The SMILES string of the molecule is CC/C=C(/O)C1(C)CC(F)(F)C(C)C2=C(CC2)/C1=N\C. The van der Waals surface area contributed by atoms with E-state index >= 15 is 0 Å². The number of hydrogen-bond donors (Lipinski definition) is 1. The first-order valence-electron chi connectivity index (χ1n) is 7.25. The summed E-state index contributed by atoms with van der Waals surface area (Å²) in [7, 11) is 1.63. The summed E-state index contributed by atoms with van der Waals surface area (Å²) in [5.74, 6) is -3.56. The molecule has 0 aromatic heterocycles. The number of aliphatic hydroxyl groups excluding tert-OH is 1. The summed E-state index contributed by atoms with van der Waals surface area (Å²) in [5.41, 5.74) is 1.32. The Morgan fingerprint density at radius 1 is 1.45 bits per heavy atom. The molecule has 0 spiro atoms. The summed E-state index contributed by atoms with van der Waals surface area (Å²) in [6.07, 6.45) is 3.36. The molecule has 2 rings (SSSR count). The van der Waals surface area contributed by atoms with Gasteiger partial charge in [0, 0.05) is 19.4 Å². The van der Waals surface area contributed by atoms with Crippen LogP contribution in [-0.4, -0.2) is 23.8 Å². The maximum Gasteiger partial charge on any atom is 0.255 e. The van der Waals surface area contributed by atoms with E-state index in [9.17, 15) is 13.9 Å². The van der Waals surface area contributed by atoms with Gasteiger partial charge in [-0.25, -0.2) is 8.78 Å². The number of aliphatic hydroxyl groups is 1. The quantitative estimate of drug-likeness (QED) is 0.733. The average Bonchev–Trinajstić information content (AvgIpc) is 2.36. The molecule has 2 aliphatic carbocycles. The predicted molar refractivity (Wildman–Crippen MR) is 77.5 cm³/mol. The van der Waals surface area contributed by atoms with Gasteiger partial charge in [-0.2, -0.15) is 0 Å². The highest BCUT2D eigenvalue weighted by molar-refractivity contribution is 6.07. The fourth-order valence-corrected chi connectivity index (χ4v) is 3.45. The lowest BCUT2D eigenvalue weighted by molar-refractivity contribution is -0.0639. The van der Waals surface area contributed by atoms with E-state index in [1.165, 1.54) is 0 Å². The monoisotopic (exact) mass is 283 g/mol. The molecular formula is C16H23F2NO. The van der Waals surface area contributed by atoms with E-state index in [0.717, 1.165) is 24.0 Å². The van der Waals surface area contributed by atoms with E-state index in [4.69, 9.17) is 0 Å². The van der Waals surface area contributed by atoms with E-state index in [1.54, 1.807) is 27.0 Å². The van der Waals surface area contributed by atoms with Crippen molar-refractivity contribution in [3.8, 4) is 0 Å². The topological polar surface area (TPSA) is 32.6 Å². The zero-order chi connectivity index (χ0) is 15.1. The molecule has 0 fully saturated rings. The van der Waals surface area contributed by atoms with Gasteiger partial charge in [0.2, 0.25) is 0 Å². The first-order chi connectivity index (χ1) is 9.28. The molecule has 0 radical (unpaired) electrons. The second-order valence-corrected chi connectivity index (χ2v) is 6.07. The summed E-state index contributed by atoms with van der Waals surface area (Å²) in [4.78, 5) is 4.27. The van der Waals surface area contributed by atoms with E-state index in [-0.39, 0.29) is 12.2 Å². The molecule has 0 amide bonds. The van der Waals surface area contributed by atoms with Crippen LogP contribution in [0.3, 0.4) is 0 Å². The highest BCUT2D eigenvalue weighted by atomic mass is 19.3. The standard InChI is InChI=1S/C16H23F2NO/c1-5-6-13(20)15(3)9-16(17,18)10(2)11-7-8-12(11)14(15)19-4/h6,10,20H,5,7-9H2,1-4H3/b13-6+,19-14+. The lowest BCUT2D eigenvalue weighted by Gasteiger charge is -2.33. The normalized spacial score (nSPS) is 35.6. The minimum Gasteiger partial charge on any atom is -0.512 e. The highest BCUT2D eigenvalue weighted by Gasteiger charge is 2.54. The molecule has 112 valence electrons. The molecule has 2 nitrogen and oxygen atoms in total. The number of aliphatic imine (C=N–C) groups is 1. The molecule has 0 saturated carbocycles. The zero-order valence-corrected chi connectivity index (χ0v) is 12.6. The predicted octanol–water partition coefficient (Wildman–Crippen LogP) is 4.68. The summed E-state index contributed by atoms with van der Waals surface area (Å²) in [5, 5.41) is 10.3. The van der Waals surface area contributed by atoms with Crippen LogP contribution in [-0.2, 0) is 0 Å². The Balaban J connectivity index is 2.60. The second kappa shape index (κ2) is 4.97. The number of alkyl halides is 2. The minimum absolute atomic E-state index is 0.0214. The van der Waals surface area contributed by atoms with Gasteiger partial charge in [-0.1, -0.05) is 19.4 Å². The van der Waals surface area contributed by atoms with Crippen molar-refractivity contribution in [1.29, 1.82) is 0 Å². The Morgan fingerprint density at radius 2 is 2.10 bits per heavy atom. The van der Waals surface area contributed by atoms with Crippen molar-refractivity contribution in [2.45, 2.75) is 52.4 Å². The smallest absolute Gasteiger partial charge is 0.255 e. The number of nitrogens with zero attached hydrogens (tertiary/aromatic N) is 1. The molecule has 1 N–H and O–H groups in total. The molecule has 20 heavy (non-hydrogen) atoms. The third-order valence-electron chi connectivity index (χ3n) is 4.77. The van der Waals surface area contributed by atoms with E-state index in [1.807, 2.05) is 6.92 Å². The average molecular weight is 283 g/mol. The third kappa shape index (κ3) is 2.09. The largest absolute Gasteiger partial charge is 0.512 e. The van der Waals surface area contributed by atoms with Crippen molar-refractivity contribution < 1.29 is 13.9 Å². The Bertz CT molecular complexity index is 505. The summed E-state index contributed by atoms with van der Waals surface area (Å²) >= 11 is 0. The van der Waals surface area contributed by atoms with Crippen molar-refractivity contribution in [2.24, 2.45) is 16.3 Å². The number of rotatable bonds is 2. The van der Waals surface area contributed by atoms with Crippen molar-refractivity contribution >= 4 is 5.71 Å². The second-order valence-electron chi connectivity index (χ2n) is 6.07. The molecule has 0 aromatic carbocycles. The Morgan fingerprint density at radius 3 is 2.55 bits per heavy atom. The molecule has 0 saturated heterocycles. The van der Waals surface area contributed by atoms with Crippen LogP contribution in [0.15, 0.2) is 28.0 Å². The number of halogens is 2. The Kier molecular flexibility index (Phi) is 3.78. The van der Waals surface area contributed by atoms with Gasteiger partial charge in [0.25, 0.3) is 5.92 Å². The van der Waals surface area contributed by atoms with Gasteiger partial charge in [-0.3, -0.25) is 4.99 Å².